The molecule has 0 N–H and O–H groups in total. The highest BCUT2D eigenvalue weighted by Crippen LogP contribution is 2.25. The number of fused-ring (bicyclic) bond motifs is 1. The van der Waals surface area contributed by atoms with Crippen LogP contribution >= 0.6 is 0 Å². The number of benzene rings is 2. The van der Waals surface area contributed by atoms with Gasteiger partial charge in [0.1, 0.15) is 11.5 Å². The van der Waals surface area contributed by atoms with Crippen LogP contribution in [0.3, 0.4) is 0 Å². The maximum atomic E-state index is 12.9. The van der Waals surface area contributed by atoms with Crippen molar-refractivity contribution >= 4 is 15.9 Å². The van der Waals surface area contributed by atoms with E-state index in [1.54, 1.807) is 42.7 Å². The zero-order valence-corrected chi connectivity index (χ0v) is 17.9. The summed E-state index contributed by atoms with van der Waals surface area (Å²) in [7, 11) is -3.57. The highest BCUT2D eigenvalue weighted by Gasteiger charge is 2.18. The van der Waals surface area contributed by atoms with Gasteiger partial charge in [0, 0.05) is 18.3 Å². The first-order valence-electron chi connectivity index (χ1n) is 9.97. The van der Waals surface area contributed by atoms with Crippen molar-refractivity contribution in [2.45, 2.75) is 36.7 Å². The monoisotopic (exact) mass is 423 g/mol. The van der Waals surface area contributed by atoms with E-state index in [4.69, 9.17) is 9.15 Å². The summed E-state index contributed by atoms with van der Waals surface area (Å²) in [5, 5.41) is 0. The zero-order chi connectivity index (χ0) is 21.1. The molecule has 30 heavy (non-hydrogen) atoms. The number of ether oxygens (including phenoxy) is 1. The molecule has 5 nitrogen and oxygen atoms in total. The lowest BCUT2D eigenvalue weighted by Gasteiger charge is -2.22. The molecule has 0 amide bonds. The summed E-state index contributed by atoms with van der Waals surface area (Å²) in [5.41, 5.74) is 2.14. The summed E-state index contributed by atoms with van der Waals surface area (Å²) in [6.07, 6.45) is 5.75. The van der Waals surface area contributed by atoms with E-state index in [0.29, 0.717) is 31.4 Å². The quantitative estimate of drug-likeness (QED) is 0.527. The Bertz CT molecular complexity index is 1130. The van der Waals surface area contributed by atoms with Crippen LogP contribution in [0.15, 0.2) is 81.3 Å². The SMILES string of the molecule is CC(C)COc1ccc(S(=O)(=O)c2ccc(CN3C=Cc4ccoc4C3)cc2)cc1. The Balaban J connectivity index is 1.44. The van der Waals surface area contributed by atoms with Gasteiger partial charge in [0.15, 0.2) is 0 Å². The second kappa shape index (κ2) is 8.40. The molecule has 1 aliphatic rings. The maximum Gasteiger partial charge on any atom is 0.206 e. The number of hydrogen-bond acceptors (Lipinski definition) is 5. The summed E-state index contributed by atoms with van der Waals surface area (Å²) in [4.78, 5) is 2.67. The largest absolute Gasteiger partial charge is 0.493 e. The molecule has 2 heterocycles. The van der Waals surface area contributed by atoms with Gasteiger partial charge in [-0.1, -0.05) is 26.0 Å². The number of sulfone groups is 1. The third-order valence-electron chi connectivity index (χ3n) is 4.93. The molecular weight excluding hydrogens is 398 g/mol. The van der Waals surface area contributed by atoms with Crippen LogP contribution in [0.25, 0.3) is 6.08 Å². The van der Waals surface area contributed by atoms with Crippen LogP contribution in [-0.2, 0) is 22.9 Å². The fourth-order valence-electron chi connectivity index (χ4n) is 3.28. The van der Waals surface area contributed by atoms with E-state index in [1.165, 1.54) is 0 Å². The summed E-state index contributed by atoms with van der Waals surface area (Å²) < 4.78 is 37.0. The van der Waals surface area contributed by atoms with Crippen molar-refractivity contribution in [1.82, 2.24) is 4.90 Å². The topological polar surface area (TPSA) is 59.8 Å². The first kappa shape index (κ1) is 20.3. The normalized spacial score (nSPS) is 13.5. The number of nitrogens with zero attached hydrogens (tertiary/aromatic N) is 1. The molecule has 0 aliphatic carbocycles. The molecule has 0 atom stereocenters. The Morgan fingerprint density at radius 2 is 1.67 bits per heavy atom. The standard InChI is InChI=1S/C24H25NO4S/c1-18(2)17-29-21-5-9-23(10-6-21)30(26,27)22-7-3-19(4-8-22)15-25-13-11-20-12-14-28-24(20)16-25/h3-14,18H,15-17H2,1-2H3. The molecule has 0 radical (unpaired) electrons. The van der Waals surface area contributed by atoms with E-state index in [2.05, 4.69) is 18.7 Å². The van der Waals surface area contributed by atoms with E-state index in [-0.39, 0.29) is 9.79 Å². The summed E-state index contributed by atoms with van der Waals surface area (Å²) in [6.45, 7) is 6.11. The van der Waals surface area contributed by atoms with Crippen LogP contribution < -0.4 is 4.74 Å². The van der Waals surface area contributed by atoms with Gasteiger partial charge in [0.05, 0.1) is 29.2 Å². The van der Waals surface area contributed by atoms with Crippen molar-refractivity contribution in [2.75, 3.05) is 6.61 Å². The number of furan rings is 1. The lowest BCUT2D eigenvalue weighted by atomic mass is 10.1. The molecule has 0 unspecified atom stereocenters. The van der Waals surface area contributed by atoms with Crippen molar-refractivity contribution in [3.05, 3.63) is 83.9 Å². The zero-order valence-electron chi connectivity index (χ0n) is 17.1. The van der Waals surface area contributed by atoms with Crippen LogP contribution in [0.5, 0.6) is 5.75 Å². The molecule has 156 valence electrons. The minimum absolute atomic E-state index is 0.261. The smallest absolute Gasteiger partial charge is 0.206 e. The Hall–Kier alpha value is -2.99. The third kappa shape index (κ3) is 4.44. The van der Waals surface area contributed by atoms with E-state index >= 15 is 0 Å². The number of rotatable bonds is 7. The average molecular weight is 424 g/mol. The van der Waals surface area contributed by atoms with Crippen LogP contribution in [0.2, 0.25) is 0 Å². The van der Waals surface area contributed by atoms with Crippen molar-refractivity contribution in [3.63, 3.8) is 0 Å². The lowest BCUT2D eigenvalue weighted by Crippen LogP contribution is -2.18. The van der Waals surface area contributed by atoms with E-state index in [1.807, 2.05) is 30.5 Å². The molecule has 4 rings (SSSR count). The van der Waals surface area contributed by atoms with Gasteiger partial charge in [-0.05, 0) is 60.0 Å². The number of hydrogen-bond donors (Lipinski definition) is 0. The first-order valence-corrected chi connectivity index (χ1v) is 11.5. The molecule has 1 aromatic heterocycles. The second-order valence-corrected chi connectivity index (χ2v) is 9.79. The Kier molecular flexibility index (Phi) is 5.68. The van der Waals surface area contributed by atoms with Gasteiger partial charge in [-0.2, -0.15) is 0 Å². The Morgan fingerprint density at radius 1 is 1.00 bits per heavy atom. The van der Waals surface area contributed by atoms with Crippen molar-refractivity contribution in [1.29, 1.82) is 0 Å². The minimum atomic E-state index is -3.57. The molecule has 0 fully saturated rings. The third-order valence-corrected chi connectivity index (χ3v) is 6.71. The van der Waals surface area contributed by atoms with Gasteiger partial charge >= 0.3 is 0 Å². The van der Waals surface area contributed by atoms with Gasteiger partial charge in [-0.3, -0.25) is 0 Å². The minimum Gasteiger partial charge on any atom is -0.493 e. The molecule has 0 spiro atoms. The Morgan fingerprint density at radius 3 is 2.33 bits per heavy atom. The van der Waals surface area contributed by atoms with Crippen LogP contribution in [0, 0.1) is 5.92 Å². The van der Waals surface area contributed by atoms with Crippen molar-refractivity contribution in [2.24, 2.45) is 5.92 Å². The Labute approximate surface area is 177 Å². The van der Waals surface area contributed by atoms with Crippen LogP contribution in [-0.4, -0.2) is 19.9 Å². The molecular formula is C24H25NO4S. The van der Waals surface area contributed by atoms with Crippen LogP contribution in [0.4, 0.5) is 0 Å². The second-order valence-electron chi connectivity index (χ2n) is 7.84. The van der Waals surface area contributed by atoms with E-state index < -0.39 is 9.84 Å². The maximum absolute atomic E-state index is 12.9. The fourth-order valence-corrected chi connectivity index (χ4v) is 4.54. The first-order chi connectivity index (χ1) is 14.4. The van der Waals surface area contributed by atoms with Crippen LogP contribution in [0.1, 0.15) is 30.7 Å². The summed E-state index contributed by atoms with van der Waals surface area (Å²) in [5.74, 6) is 2.03. The molecule has 2 aromatic carbocycles. The van der Waals surface area contributed by atoms with Gasteiger partial charge < -0.3 is 14.1 Å². The highest BCUT2D eigenvalue weighted by atomic mass is 32.2. The van der Waals surface area contributed by atoms with E-state index in [0.717, 1.165) is 16.9 Å². The molecule has 0 bridgehead atoms. The van der Waals surface area contributed by atoms with Crippen molar-refractivity contribution < 1.29 is 17.6 Å². The van der Waals surface area contributed by atoms with Gasteiger partial charge in [-0.15, -0.1) is 0 Å². The van der Waals surface area contributed by atoms with Crippen molar-refractivity contribution in [3.8, 4) is 5.75 Å². The summed E-state index contributed by atoms with van der Waals surface area (Å²) in [6, 6.07) is 15.6. The van der Waals surface area contributed by atoms with E-state index in [9.17, 15) is 8.42 Å². The molecule has 1 aliphatic heterocycles. The summed E-state index contributed by atoms with van der Waals surface area (Å²) >= 11 is 0. The highest BCUT2D eigenvalue weighted by molar-refractivity contribution is 7.91. The fraction of sp³-hybridized carbons (Fsp3) is 0.250. The van der Waals surface area contributed by atoms with Gasteiger partial charge in [0.25, 0.3) is 0 Å². The molecule has 0 saturated carbocycles. The molecule has 6 heteroatoms. The molecule has 3 aromatic rings. The molecule has 0 saturated heterocycles. The predicted octanol–water partition coefficient (Wildman–Crippen LogP) is 5.13. The average Bonchev–Trinajstić information content (AvgIpc) is 3.21. The predicted molar refractivity (Wildman–Crippen MR) is 116 cm³/mol. The lowest BCUT2D eigenvalue weighted by molar-refractivity contribution is 0.271. The van der Waals surface area contributed by atoms with Gasteiger partial charge in [-0.25, -0.2) is 8.42 Å². The van der Waals surface area contributed by atoms with Gasteiger partial charge in [0.2, 0.25) is 9.84 Å².